The molecule has 10 heavy (non-hydrogen) atoms. The number of carbonyl (C=O) groups is 1. The highest BCUT2D eigenvalue weighted by atomic mass is 32.1. The Kier molecular flexibility index (Phi) is 3.19. The molecule has 3 nitrogen and oxygen atoms in total. The van der Waals surface area contributed by atoms with Crippen molar-refractivity contribution in [2.45, 2.75) is 13.8 Å². The lowest BCUT2D eigenvalue weighted by molar-refractivity contribution is -0.125. The van der Waals surface area contributed by atoms with Crippen molar-refractivity contribution in [3.05, 3.63) is 0 Å². The minimum Gasteiger partial charge on any atom is -0.369 e. The standard InChI is InChI=1S/C6H10N2OS/c1-6(2,5(7)9)3-8-4-10/h3H2,1-2H3,(H2,7,9). The first-order chi connectivity index (χ1) is 4.50. The van der Waals surface area contributed by atoms with Crippen LogP contribution in [0.15, 0.2) is 4.99 Å². The molecule has 0 radical (unpaired) electrons. The Morgan fingerprint density at radius 1 is 1.80 bits per heavy atom. The summed E-state index contributed by atoms with van der Waals surface area (Å²) in [5.74, 6) is -0.374. The average Bonchev–Trinajstić information content (AvgIpc) is 1.84. The van der Waals surface area contributed by atoms with Crippen LogP contribution in [-0.2, 0) is 4.79 Å². The molecule has 0 aromatic rings. The largest absolute Gasteiger partial charge is 0.369 e. The van der Waals surface area contributed by atoms with E-state index in [1.807, 2.05) is 0 Å². The molecule has 56 valence electrons. The fourth-order valence-corrected chi connectivity index (χ4v) is 0.372. The molecule has 0 fully saturated rings. The number of rotatable bonds is 3. The third-order valence-electron chi connectivity index (χ3n) is 1.21. The van der Waals surface area contributed by atoms with Gasteiger partial charge in [-0.15, -0.1) is 0 Å². The van der Waals surface area contributed by atoms with Crippen molar-refractivity contribution in [3.63, 3.8) is 0 Å². The minimum atomic E-state index is -0.605. The van der Waals surface area contributed by atoms with Gasteiger partial charge in [0, 0.05) is 0 Å². The number of thiocarbonyl (C=S) groups is 1. The molecule has 0 aromatic heterocycles. The van der Waals surface area contributed by atoms with E-state index in [1.165, 1.54) is 0 Å². The van der Waals surface area contributed by atoms with E-state index in [4.69, 9.17) is 5.73 Å². The summed E-state index contributed by atoms with van der Waals surface area (Å²) < 4.78 is 0. The van der Waals surface area contributed by atoms with Crippen molar-refractivity contribution < 1.29 is 4.79 Å². The Labute approximate surface area is 65.3 Å². The number of amides is 1. The summed E-state index contributed by atoms with van der Waals surface area (Å²) in [6, 6.07) is 0. The second-order valence-electron chi connectivity index (χ2n) is 2.66. The Morgan fingerprint density at radius 2 is 2.30 bits per heavy atom. The fraction of sp³-hybridized carbons (Fsp3) is 0.667. The van der Waals surface area contributed by atoms with Crippen LogP contribution in [0.4, 0.5) is 0 Å². The van der Waals surface area contributed by atoms with Gasteiger partial charge >= 0.3 is 0 Å². The van der Waals surface area contributed by atoms with E-state index >= 15 is 0 Å². The first-order valence-electron chi connectivity index (χ1n) is 2.84. The molecule has 2 N–H and O–H groups in total. The van der Waals surface area contributed by atoms with E-state index < -0.39 is 5.41 Å². The zero-order valence-corrected chi connectivity index (χ0v) is 6.86. The Hall–Kier alpha value is -0.730. The van der Waals surface area contributed by atoms with E-state index in [2.05, 4.69) is 22.4 Å². The van der Waals surface area contributed by atoms with Gasteiger partial charge in [-0.3, -0.25) is 4.79 Å². The number of nitrogens with zero attached hydrogens (tertiary/aromatic N) is 1. The summed E-state index contributed by atoms with van der Waals surface area (Å²) in [4.78, 5) is 14.3. The number of primary amides is 1. The SMILES string of the molecule is CC(C)(CN=C=S)C(N)=O. The van der Waals surface area contributed by atoms with Crippen LogP contribution in [0.1, 0.15) is 13.8 Å². The predicted molar refractivity (Wildman–Crippen MR) is 42.9 cm³/mol. The van der Waals surface area contributed by atoms with Crippen LogP contribution in [0.5, 0.6) is 0 Å². The molecule has 0 saturated heterocycles. The molecule has 0 unspecified atom stereocenters. The Bertz CT molecular complexity index is 182. The van der Waals surface area contributed by atoms with Gasteiger partial charge in [-0.2, -0.15) is 0 Å². The van der Waals surface area contributed by atoms with E-state index in [9.17, 15) is 4.79 Å². The molecule has 0 heterocycles. The van der Waals surface area contributed by atoms with Crippen LogP contribution in [0.2, 0.25) is 0 Å². The smallest absolute Gasteiger partial charge is 0.224 e. The van der Waals surface area contributed by atoms with E-state index in [0.717, 1.165) is 0 Å². The van der Waals surface area contributed by atoms with Crippen molar-refractivity contribution in [1.29, 1.82) is 0 Å². The topological polar surface area (TPSA) is 55.4 Å². The lowest BCUT2D eigenvalue weighted by Gasteiger charge is -2.15. The van der Waals surface area contributed by atoms with Crippen LogP contribution in [0.25, 0.3) is 0 Å². The van der Waals surface area contributed by atoms with E-state index in [1.54, 1.807) is 13.8 Å². The van der Waals surface area contributed by atoms with Gasteiger partial charge in [0.2, 0.25) is 5.91 Å². The Balaban J connectivity index is 4.12. The summed E-state index contributed by atoms with van der Waals surface area (Å²) in [5.41, 5.74) is 4.44. The maximum Gasteiger partial charge on any atom is 0.224 e. The molecule has 0 aromatic carbocycles. The van der Waals surface area contributed by atoms with Crippen LogP contribution < -0.4 is 5.73 Å². The quantitative estimate of drug-likeness (QED) is 0.483. The summed E-state index contributed by atoms with van der Waals surface area (Å²) in [5, 5.41) is 2.18. The highest BCUT2D eigenvalue weighted by Gasteiger charge is 2.23. The van der Waals surface area contributed by atoms with Gasteiger partial charge in [0.15, 0.2) is 0 Å². The number of isothiocyanates is 1. The number of hydrogen-bond acceptors (Lipinski definition) is 3. The van der Waals surface area contributed by atoms with Gasteiger partial charge in [0.05, 0.1) is 17.1 Å². The van der Waals surface area contributed by atoms with Crippen LogP contribution in [0, 0.1) is 5.41 Å². The molecular formula is C6H10N2OS. The van der Waals surface area contributed by atoms with E-state index in [0.29, 0.717) is 6.54 Å². The monoisotopic (exact) mass is 158 g/mol. The molecular weight excluding hydrogens is 148 g/mol. The summed E-state index contributed by atoms with van der Waals surface area (Å²) in [7, 11) is 0. The molecule has 1 amide bonds. The van der Waals surface area contributed by atoms with Crippen molar-refractivity contribution in [3.8, 4) is 0 Å². The zero-order valence-electron chi connectivity index (χ0n) is 6.05. The maximum absolute atomic E-state index is 10.6. The fourth-order valence-electron chi connectivity index (χ4n) is 0.308. The van der Waals surface area contributed by atoms with Crippen molar-refractivity contribution in [2.75, 3.05) is 6.54 Å². The van der Waals surface area contributed by atoms with Crippen LogP contribution in [0.3, 0.4) is 0 Å². The van der Waals surface area contributed by atoms with Gasteiger partial charge in [0.1, 0.15) is 0 Å². The molecule has 0 atom stereocenters. The molecule has 0 rings (SSSR count). The van der Waals surface area contributed by atoms with Gasteiger partial charge in [-0.05, 0) is 26.1 Å². The van der Waals surface area contributed by atoms with Crippen LogP contribution >= 0.6 is 12.2 Å². The molecule has 0 saturated carbocycles. The Morgan fingerprint density at radius 3 is 2.60 bits per heavy atom. The van der Waals surface area contributed by atoms with E-state index in [-0.39, 0.29) is 5.91 Å². The van der Waals surface area contributed by atoms with Gasteiger partial charge in [-0.1, -0.05) is 0 Å². The summed E-state index contributed by atoms with van der Waals surface area (Å²) in [6.45, 7) is 3.74. The minimum absolute atomic E-state index is 0.311. The second-order valence-corrected chi connectivity index (χ2v) is 2.84. The highest BCUT2D eigenvalue weighted by Crippen LogP contribution is 2.13. The van der Waals surface area contributed by atoms with Crippen molar-refractivity contribution in [2.24, 2.45) is 16.1 Å². The number of nitrogens with two attached hydrogens (primary N) is 1. The number of aliphatic imine (C=N–C) groups is 1. The van der Waals surface area contributed by atoms with Gasteiger partial charge < -0.3 is 5.73 Å². The van der Waals surface area contributed by atoms with Crippen molar-refractivity contribution >= 4 is 23.3 Å². The summed E-state index contributed by atoms with van der Waals surface area (Å²) in [6.07, 6.45) is 0. The lowest BCUT2D eigenvalue weighted by Crippen LogP contribution is -2.33. The lowest BCUT2D eigenvalue weighted by atomic mass is 9.93. The first kappa shape index (κ1) is 9.27. The number of carbonyl (C=O) groups excluding carboxylic acids is 1. The third kappa shape index (κ3) is 2.71. The predicted octanol–water partition coefficient (Wildman–Crippen LogP) is 0.601. The average molecular weight is 158 g/mol. The maximum atomic E-state index is 10.6. The highest BCUT2D eigenvalue weighted by molar-refractivity contribution is 7.78. The summed E-state index contributed by atoms with van der Waals surface area (Å²) >= 11 is 4.34. The zero-order chi connectivity index (χ0) is 8.20. The molecule has 4 heteroatoms. The molecule has 0 aliphatic rings. The van der Waals surface area contributed by atoms with Crippen LogP contribution in [-0.4, -0.2) is 17.6 Å². The molecule has 0 spiro atoms. The normalized spacial score (nSPS) is 10.2. The molecule has 0 bridgehead atoms. The second kappa shape index (κ2) is 3.44. The molecule has 0 aliphatic carbocycles. The molecule has 0 aliphatic heterocycles. The first-order valence-corrected chi connectivity index (χ1v) is 3.25. The van der Waals surface area contributed by atoms with Gasteiger partial charge in [-0.25, -0.2) is 4.99 Å². The third-order valence-corrected chi connectivity index (χ3v) is 1.34. The number of hydrogen-bond donors (Lipinski definition) is 1. The van der Waals surface area contributed by atoms with Crippen molar-refractivity contribution in [1.82, 2.24) is 0 Å². The van der Waals surface area contributed by atoms with Gasteiger partial charge in [0.25, 0.3) is 0 Å².